The maximum atomic E-state index is 12.5. The van der Waals surface area contributed by atoms with Crippen LogP contribution in [-0.4, -0.2) is 59.7 Å². The lowest BCUT2D eigenvalue weighted by atomic mass is 10.2. The molecule has 1 fully saturated rings. The highest BCUT2D eigenvalue weighted by atomic mass is 79.9. The fourth-order valence-electron chi connectivity index (χ4n) is 3.17. The van der Waals surface area contributed by atoms with Gasteiger partial charge < -0.3 is 9.64 Å². The number of aldehydes is 1. The van der Waals surface area contributed by atoms with Gasteiger partial charge in [0.15, 0.2) is 12.9 Å². The number of ether oxygens (including phenoxy) is 1. The molecule has 0 radical (unpaired) electrons. The van der Waals surface area contributed by atoms with Crippen LogP contribution in [0.2, 0.25) is 5.02 Å². The molecule has 1 aliphatic rings. The van der Waals surface area contributed by atoms with E-state index in [1.54, 1.807) is 4.90 Å². The lowest BCUT2D eigenvalue weighted by Gasteiger charge is -2.34. The Morgan fingerprint density at radius 3 is 2.47 bits per heavy atom. The van der Waals surface area contributed by atoms with Gasteiger partial charge in [-0.05, 0) is 33.6 Å². The van der Waals surface area contributed by atoms with Gasteiger partial charge in [0, 0.05) is 49.9 Å². The minimum absolute atomic E-state index is 0.0108. The van der Waals surface area contributed by atoms with Crippen LogP contribution in [0.15, 0.2) is 40.9 Å². The zero-order chi connectivity index (χ0) is 21.7. The molecule has 30 heavy (non-hydrogen) atoms. The van der Waals surface area contributed by atoms with Crippen molar-refractivity contribution in [1.29, 1.82) is 0 Å². The average Bonchev–Trinajstić information content (AvgIpc) is 2.74. The number of non-ortho nitro benzene ring substituents is 1. The molecule has 0 atom stereocenters. The Balaban J connectivity index is 1.53. The third-order valence-corrected chi connectivity index (χ3v) is 5.62. The molecule has 1 saturated heterocycles. The first-order chi connectivity index (χ1) is 14.4. The number of piperazine rings is 1. The van der Waals surface area contributed by atoms with E-state index in [1.165, 1.54) is 6.07 Å². The molecule has 158 valence electrons. The van der Waals surface area contributed by atoms with Crippen molar-refractivity contribution < 1.29 is 19.2 Å². The molecule has 0 unspecified atom stereocenters. The van der Waals surface area contributed by atoms with Crippen molar-refractivity contribution in [2.75, 3.05) is 32.8 Å². The van der Waals surface area contributed by atoms with Gasteiger partial charge in [-0.2, -0.15) is 0 Å². The molecule has 8 nitrogen and oxygen atoms in total. The summed E-state index contributed by atoms with van der Waals surface area (Å²) in [6, 6.07) is 10.0. The zero-order valence-electron chi connectivity index (χ0n) is 15.9. The van der Waals surface area contributed by atoms with E-state index < -0.39 is 4.92 Å². The number of hydrogen-bond acceptors (Lipinski definition) is 6. The van der Waals surface area contributed by atoms with E-state index >= 15 is 0 Å². The van der Waals surface area contributed by atoms with Crippen molar-refractivity contribution in [3.05, 3.63) is 67.1 Å². The molecule has 0 saturated carbocycles. The summed E-state index contributed by atoms with van der Waals surface area (Å²) in [4.78, 5) is 38.1. The van der Waals surface area contributed by atoms with Crippen LogP contribution < -0.4 is 4.74 Å². The van der Waals surface area contributed by atoms with Gasteiger partial charge in [-0.25, -0.2) is 0 Å². The summed E-state index contributed by atoms with van der Waals surface area (Å²) in [6.07, 6.45) is 0.465. The number of benzene rings is 2. The van der Waals surface area contributed by atoms with Gasteiger partial charge in [-0.1, -0.05) is 23.7 Å². The van der Waals surface area contributed by atoms with Crippen LogP contribution in [0, 0.1) is 10.1 Å². The van der Waals surface area contributed by atoms with E-state index in [4.69, 9.17) is 16.3 Å². The van der Waals surface area contributed by atoms with Crippen molar-refractivity contribution in [2.45, 2.75) is 6.54 Å². The summed E-state index contributed by atoms with van der Waals surface area (Å²) in [5.41, 5.74) is 0.933. The molecule has 1 amide bonds. The standard InChI is InChI=1S/C20H19BrClN3O5/c21-18-10-17(25(28)29)9-15(12-26)20(18)30-13-19(27)24-7-5-23(6-8-24)11-14-1-3-16(22)4-2-14/h1-4,9-10,12H,5-8,11,13H2. The molecule has 0 aliphatic carbocycles. The Labute approximate surface area is 186 Å². The highest BCUT2D eigenvalue weighted by Crippen LogP contribution is 2.33. The lowest BCUT2D eigenvalue weighted by molar-refractivity contribution is -0.385. The predicted octanol–water partition coefficient (Wildman–Crippen LogP) is 3.55. The van der Waals surface area contributed by atoms with Crippen molar-refractivity contribution in [3.8, 4) is 5.75 Å². The number of rotatable bonds is 7. The van der Waals surface area contributed by atoms with Crippen LogP contribution in [0.5, 0.6) is 5.75 Å². The molecule has 0 N–H and O–H groups in total. The molecule has 2 aromatic carbocycles. The second kappa shape index (κ2) is 10.0. The Hall–Kier alpha value is -2.49. The fourth-order valence-corrected chi connectivity index (χ4v) is 3.88. The molecule has 0 spiro atoms. The van der Waals surface area contributed by atoms with Crippen molar-refractivity contribution in [2.24, 2.45) is 0 Å². The second-order valence-electron chi connectivity index (χ2n) is 6.79. The summed E-state index contributed by atoms with van der Waals surface area (Å²) >= 11 is 9.08. The number of nitro benzene ring substituents is 1. The highest BCUT2D eigenvalue weighted by Gasteiger charge is 2.23. The van der Waals surface area contributed by atoms with E-state index in [-0.39, 0.29) is 34.0 Å². The Bertz CT molecular complexity index is 946. The van der Waals surface area contributed by atoms with Gasteiger partial charge >= 0.3 is 0 Å². The fraction of sp³-hybridized carbons (Fsp3) is 0.300. The third kappa shape index (κ3) is 5.56. The smallest absolute Gasteiger partial charge is 0.271 e. The van der Waals surface area contributed by atoms with Crippen LogP contribution in [0.25, 0.3) is 0 Å². The van der Waals surface area contributed by atoms with Crippen molar-refractivity contribution in [1.82, 2.24) is 9.80 Å². The monoisotopic (exact) mass is 495 g/mol. The summed E-state index contributed by atoms with van der Waals surface area (Å²) in [6.45, 7) is 3.13. The van der Waals surface area contributed by atoms with Gasteiger partial charge in [0.2, 0.25) is 0 Å². The summed E-state index contributed by atoms with van der Waals surface area (Å²) in [5, 5.41) is 11.6. The third-order valence-electron chi connectivity index (χ3n) is 4.78. The van der Waals surface area contributed by atoms with E-state index in [0.29, 0.717) is 24.4 Å². The number of carbonyl (C=O) groups excluding carboxylic acids is 2. The van der Waals surface area contributed by atoms with Gasteiger partial charge in [-0.15, -0.1) is 0 Å². The molecule has 0 aromatic heterocycles. The first-order valence-corrected chi connectivity index (χ1v) is 10.3. The number of nitro groups is 1. The van der Waals surface area contributed by atoms with Crippen molar-refractivity contribution >= 4 is 45.4 Å². The number of amides is 1. The number of halogens is 2. The first kappa shape index (κ1) is 22.2. The van der Waals surface area contributed by atoms with E-state index in [2.05, 4.69) is 20.8 Å². The molecule has 0 bridgehead atoms. The predicted molar refractivity (Wildman–Crippen MR) is 115 cm³/mol. The minimum atomic E-state index is -0.601. The van der Waals surface area contributed by atoms with Gasteiger partial charge in [0.1, 0.15) is 5.75 Å². The van der Waals surface area contributed by atoms with Crippen LogP contribution in [0.4, 0.5) is 5.69 Å². The Morgan fingerprint density at radius 1 is 1.20 bits per heavy atom. The maximum absolute atomic E-state index is 12.5. The maximum Gasteiger partial charge on any atom is 0.271 e. The Morgan fingerprint density at radius 2 is 1.87 bits per heavy atom. The van der Waals surface area contributed by atoms with Crippen LogP contribution in [0.1, 0.15) is 15.9 Å². The summed E-state index contributed by atoms with van der Waals surface area (Å²) < 4.78 is 5.77. The number of hydrogen-bond donors (Lipinski definition) is 0. The topological polar surface area (TPSA) is 93.0 Å². The van der Waals surface area contributed by atoms with Gasteiger partial charge in [-0.3, -0.25) is 24.6 Å². The quantitative estimate of drug-likeness (QED) is 0.331. The normalized spacial score (nSPS) is 14.4. The molecular weight excluding hydrogens is 478 g/mol. The molecular formula is C20H19BrClN3O5. The SMILES string of the molecule is O=Cc1cc([N+](=O)[O-])cc(Br)c1OCC(=O)N1CCN(Cc2ccc(Cl)cc2)CC1. The molecule has 1 heterocycles. The van der Waals surface area contributed by atoms with Crippen LogP contribution in [-0.2, 0) is 11.3 Å². The first-order valence-electron chi connectivity index (χ1n) is 9.18. The molecule has 10 heteroatoms. The Kier molecular flexibility index (Phi) is 7.41. The summed E-state index contributed by atoms with van der Waals surface area (Å²) in [7, 11) is 0. The average molecular weight is 497 g/mol. The van der Waals surface area contributed by atoms with Crippen LogP contribution >= 0.6 is 27.5 Å². The van der Waals surface area contributed by atoms with E-state index in [9.17, 15) is 19.7 Å². The largest absolute Gasteiger partial charge is 0.482 e. The molecule has 3 rings (SSSR count). The molecule has 2 aromatic rings. The van der Waals surface area contributed by atoms with Gasteiger partial charge in [0.25, 0.3) is 11.6 Å². The van der Waals surface area contributed by atoms with Gasteiger partial charge in [0.05, 0.1) is 15.0 Å². The second-order valence-corrected chi connectivity index (χ2v) is 8.08. The van der Waals surface area contributed by atoms with E-state index in [0.717, 1.165) is 31.3 Å². The number of nitrogens with zero attached hydrogens (tertiary/aromatic N) is 3. The minimum Gasteiger partial charge on any atom is -0.482 e. The summed E-state index contributed by atoms with van der Waals surface area (Å²) in [5.74, 6) is -0.0893. The zero-order valence-corrected chi connectivity index (χ0v) is 18.3. The number of carbonyl (C=O) groups is 2. The van der Waals surface area contributed by atoms with E-state index in [1.807, 2.05) is 24.3 Å². The highest BCUT2D eigenvalue weighted by molar-refractivity contribution is 9.10. The van der Waals surface area contributed by atoms with Crippen molar-refractivity contribution in [3.63, 3.8) is 0 Å². The lowest BCUT2D eigenvalue weighted by Crippen LogP contribution is -2.49. The van der Waals surface area contributed by atoms with Crippen LogP contribution in [0.3, 0.4) is 0 Å². The molecule has 1 aliphatic heterocycles.